The molecule has 28 nitrogen and oxygen atoms in total. The van der Waals surface area contributed by atoms with Gasteiger partial charge in [0.15, 0.2) is 0 Å². The first-order valence-electron chi connectivity index (χ1n) is 25.1. The van der Waals surface area contributed by atoms with E-state index in [1.807, 2.05) is 21.7 Å². The van der Waals surface area contributed by atoms with Crippen molar-refractivity contribution in [3.8, 4) is 0 Å². The number of halogens is 3. The van der Waals surface area contributed by atoms with E-state index in [-0.39, 0.29) is 247 Å². The van der Waals surface area contributed by atoms with Crippen LogP contribution in [0, 0.1) is 0 Å². The van der Waals surface area contributed by atoms with Gasteiger partial charge in [-0.05, 0) is 66.0 Å². The molecule has 6 fully saturated rings. The molecule has 0 aliphatic carbocycles. The third kappa shape index (κ3) is 104. The fourth-order valence-electron chi connectivity index (χ4n) is 6.38. The molecule has 6 rings (SSSR count). The fourth-order valence-corrected chi connectivity index (χ4v) is 12.0. The average Bonchev–Trinajstić information content (AvgIpc) is 3.34. The maximum atomic E-state index is 10.3. The van der Waals surface area contributed by atoms with Crippen molar-refractivity contribution in [1.82, 2.24) is 51.1 Å². The van der Waals surface area contributed by atoms with Crippen LogP contribution in [0.25, 0.3) is 0 Å². The molecule has 85 heavy (non-hydrogen) atoms. The van der Waals surface area contributed by atoms with Crippen molar-refractivity contribution in [2.45, 2.75) is 53.4 Å². The number of piperazine rings is 4. The van der Waals surface area contributed by atoms with Crippen LogP contribution in [0.5, 0.6) is 0 Å². The largest absolute Gasteiger partial charge is 1.00 e. The summed E-state index contributed by atoms with van der Waals surface area (Å²) in [4.78, 5) is 10.5. The van der Waals surface area contributed by atoms with E-state index in [1.165, 1.54) is 51.9 Å². The molecule has 6 aliphatic rings. The quantitative estimate of drug-likeness (QED) is 0.0577. The predicted molar refractivity (Wildman–Crippen MR) is 322 cm³/mol. The molecule has 490 valence electrons. The third-order valence-corrected chi connectivity index (χ3v) is 17.6. The molecule has 0 saturated carbocycles. The van der Waals surface area contributed by atoms with Gasteiger partial charge in [0.1, 0.15) is 0 Å². The summed E-state index contributed by atoms with van der Waals surface area (Å²) in [7, 11) is -19.8. The molecule has 0 bridgehead atoms. The zero-order valence-electron chi connectivity index (χ0n) is 53.5. The van der Waals surface area contributed by atoms with Crippen LogP contribution in [-0.4, -0.2) is 317 Å². The van der Waals surface area contributed by atoms with E-state index in [2.05, 4.69) is 91.2 Å². The van der Waals surface area contributed by atoms with Crippen LogP contribution in [-0.2, 0) is 60.7 Å². The number of hydrogen-bond acceptors (Lipinski definition) is 28. The monoisotopic (exact) mass is 1600 g/mol. The Balaban J connectivity index is -0.0000000582. The summed E-state index contributed by atoms with van der Waals surface area (Å²) < 4.78 is 180. The van der Waals surface area contributed by atoms with Crippen LogP contribution in [0.2, 0.25) is 0 Å². The Morgan fingerprint density at radius 1 is 0.306 bits per heavy atom. The molecule has 6 heterocycles. The van der Waals surface area contributed by atoms with Gasteiger partial charge in [-0.25, -0.2) is 50.5 Å². The molecule has 0 spiro atoms. The summed E-state index contributed by atoms with van der Waals surface area (Å²) in [5, 5.41) is 16.8. The third-order valence-electron chi connectivity index (χ3n) is 10.7. The van der Waals surface area contributed by atoms with E-state index >= 15 is 0 Å². The predicted octanol–water partition coefficient (Wildman–Crippen LogP) is -19.9. The molecule has 0 aromatic heterocycles. The number of rotatable bonds is 15. The molecular formula is C42H98Br3N10Na6O18S6-3. The zero-order valence-corrected chi connectivity index (χ0v) is 72.2. The summed E-state index contributed by atoms with van der Waals surface area (Å²) in [6.45, 7) is 21.8. The van der Waals surface area contributed by atoms with Gasteiger partial charge in [0.05, 0.1) is 78.0 Å². The van der Waals surface area contributed by atoms with E-state index in [9.17, 15) is 77.8 Å². The Morgan fingerprint density at radius 3 is 0.729 bits per heavy atom. The molecule has 43 heteroatoms. The smallest absolute Gasteiger partial charge is 1.00 e. The number of likely N-dealkylation sites (tertiary alicyclic amines) is 1. The summed E-state index contributed by atoms with van der Waals surface area (Å²) in [6.07, 6.45) is 7.69. The van der Waals surface area contributed by atoms with Gasteiger partial charge in [-0.2, -0.15) is 0 Å². The average molecular weight is 1600 g/mol. The van der Waals surface area contributed by atoms with E-state index in [1.54, 1.807) is 0 Å². The van der Waals surface area contributed by atoms with Crippen LogP contribution in [0.15, 0.2) is 0 Å². The summed E-state index contributed by atoms with van der Waals surface area (Å²) >= 11 is 8.42. The van der Waals surface area contributed by atoms with Crippen molar-refractivity contribution >= 4 is 108 Å². The van der Waals surface area contributed by atoms with Crippen LogP contribution in [0.1, 0.15) is 57.7 Å². The SMILES string of the molecule is C.C.C1CCNCC1.C1CNCCN1.CN1CCN(CCS(=O)(=O)[O-])CC1.CN1CCNCC1.O=S(=O)([O-])CCBr.O=S(=O)([O-])CCBr.O=S(=O)([O-])CCBr.O=S(=O)([O-])CCN1CCCCC1.O=S(=O)([O-])CCN1CCNCC1.[H-].[H-].[H-].[Na+].[Na+].[Na+].[Na+].[Na+].[Na+]. The van der Waals surface area contributed by atoms with E-state index in [4.69, 9.17) is 0 Å². The Labute approximate surface area is 677 Å². The molecule has 0 amide bonds. The van der Waals surface area contributed by atoms with Crippen molar-refractivity contribution in [2.24, 2.45) is 0 Å². The topological polar surface area (TPSA) is 420 Å². The van der Waals surface area contributed by atoms with Gasteiger partial charge in [0, 0.05) is 158 Å². The molecule has 6 saturated heterocycles. The minimum atomic E-state index is -4.04. The molecule has 0 radical (unpaired) electrons. The minimum absolute atomic E-state index is 0. The number of likely N-dealkylation sites (N-methyl/N-ethyl adjacent to an activating group) is 2. The first-order chi connectivity index (χ1) is 35.7. The van der Waals surface area contributed by atoms with Crippen molar-refractivity contribution in [3.63, 3.8) is 0 Å². The molecule has 6 aliphatic heterocycles. The summed E-state index contributed by atoms with van der Waals surface area (Å²) in [5.41, 5.74) is 0. The van der Waals surface area contributed by atoms with E-state index < -0.39 is 60.7 Å². The number of nitrogens with one attached hydrogen (secondary N) is 5. The van der Waals surface area contributed by atoms with Crippen LogP contribution in [0.3, 0.4) is 0 Å². The normalized spacial score (nSPS) is 17.7. The second-order valence-electron chi connectivity index (χ2n) is 17.6. The Bertz CT molecular complexity index is 1970. The second-order valence-corrected chi connectivity index (χ2v) is 29.2. The first-order valence-corrected chi connectivity index (χ1v) is 37.9. The number of hydrogen-bond donors (Lipinski definition) is 5. The Hall–Kier alpha value is 6.50. The number of piperidine rings is 2. The van der Waals surface area contributed by atoms with Gasteiger partial charge in [0.2, 0.25) is 0 Å². The van der Waals surface area contributed by atoms with E-state index in [0.29, 0.717) is 19.6 Å². The van der Waals surface area contributed by atoms with Crippen molar-refractivity contribution in [3.05, 3.63) is 0 Å². The Morgan fingerprint density at radius 2 is 0.529 bits per heavy atom. The van der Waals surface area contributed by atoms with Crippen LogP contribution >= 0.6 is 47.8 Å². The van der Waals surface area contributed by atoms with Gasteiger partial charge in [-0.3, -0.25) is 9.80 Å². The molecule has 0 atom stereocenters. The number of nitrogens with zero attached hydrogens (tertiary/aromatic N) is 5. The number of alkyl halides is 3. The van der Waals surface area contributed by atoms with Crippen molar-refractivity contribution in [2.75, 3.05) is 215 Å². The maximum absolute atomic E-state index is 10.3. The van der Waals surface area contributed by atoms with Crippen LogP contribution < -0.4 is 204 Å². The minimum Gasteiger partial charge on any atom is -1.00 e. The van der Waals surface area contributed by atoms with Gasteiger partial charge in [0.25, 0.3) is 0 Å². The molecule has 0 aromatic rings. The van der Waals surface area contributed by atoms with Crippen LogP contribution in [0.4, 0.5) is 0 Å². The standard InChI is InChI=1S/C7H16N2O3S.C7H15NO3S.C6H14N2O3S.C5H12N2.C5H11N.C4H10N2.3C2H5BrO3S.2CH4.6Na.3H/c1-8-2-4-9(5-3-8)6-7-13(10,11)12;9-12(10,11)7-6-8-4-2-1-3-5-8;9-12(10,11)6-5-8-3-1-7-2-4-8;1-7-4-2-6-3-5-7;1-2-4-6-5-3-1;1-2-6-4-3-5-1;3*3-1-2-7(4,5)6;;;;;;;;;;;/h2-7H2,1H3,(H,10,11,12);1-7H2,(H,9,10,11);7H,1-6H2,(H,9,10,11);6H,2-5H2,1H3;6H,1-5H2;5-6H,1-4H2;3*1-2H2,(H,4,5,6);2*1H4;;;;;;;;;/q;;;;;;;;;;;6*+1;3*-1/p-6. The molecule has 0 unspecified atom stereocenters. The van der Waals surface area contributed by atoms with Gasteiger partial charge >= 0.3 is 177 Å². The second kappa shape index (κ2) is 71.8. The van der Waals surface area contributed by atoms with Gasteiger partial charge in [-0.15, -0.1) is 0 Å². The van der Waals surface area contributed by atoms with E-state index in [0.717, 1.165) is 118 Å². The molecular weight excluding hydrogens is 1500 g/mol. The molecule has 0 aromatic carbocycles. The fraction of sp³-hybridized carbons (Fsp3) is 1.00. The molecule has 5 N–H and O–H groups in total. The van der Waals surface area contributed by atoms with Crippen molar-refractivity contribution in [1.29, 1.82) is 0 Å². The summed E-state index contributed by atoms with van der Waals surface area (Å²) in [5.74, 6) is -1.76. The van der Waals surface area contributed by atoms with Gasteiger partial charge < -0.3 is 72.9 Å². The summed E-state index contributed by atoms with van der Waals surface area (Å²) in [6, 6.07) is 0. The first kappa shape index (κ1) is 116. The van der Waals surface area contributed by atoms with Crippen molar-refractivity contribution < 1.29 is 259 Å². The van der Waals surface area contributed by atoms with Gasteiger partial charge in [-0.1, -0.05) is 75.5 Å². The zero-order chi connectivity index (χ0) is 59.3. The maximum Gasteiger partial charge on any atom is 1.00 e. The Kier molecular flexibility index (Phi) is 97.6.